The van der Waals surface area contributed by atoms with Crippen molar-refractivity contribution in [3.63, 3.8) is 0 Å². The molecule has 3 aromatic heterocycles. The molecule has 2 aliphatic heterocycles. The third-order valence-corrected chi connectivity index (χ3v) is 6.21. The summed E-state index contributed by atoms with van der Waals surface area (Å²) >= 11 is 0. The van der Waals surface area contributed by atoms with Crippen molar-refractivity contribution in [1.82, 2.24) is 24.7 Å². The highest BCUT2D eigenvalue weighted by molar-refractivity contribution is 5.71. The van der Waals surface area contributed by atoms with Crippen LogP contribution in [-0.4, -0.2) is 57.3 Å². The fraction of sp³-hybridized carbons (Fsp3) is 0.500. The molecular formula is C20H20F5N7. The Morgan fingerprint density at radius 3 is 2.59 bits per heavy atom. The average molecular weight is 453 g/mol. The van der Waals surface area contributed by atoms with Crippen LogP contribution in [0.1, 0.15) is 12.0 Å². The number of halogens is 5. The topological polar surface area (TPSA) is 63.0 Å². The minimum atomic E-state index is -4.46. The van der Waals surface area contributed by atoms with E-state index in [1.165, 1.54) is 18.5 Å². The largest absolute Gasteiger partial charge is 0.419 e. The first-order valence-electron chi connectivity index (χ1n) is 10.3. The maximum atomic E-state index is 13.4. The van der Waals surface area contributed by atoms with Gasteiger partial charge < -0.3 is 9.80 Å². The molecule has 2 unspecified atom stereocenters. The Kier molecular flexibility index (Phi) is 5.09. The van der Waals surface area contributed by atoms with Gasteiger partial charge in [-0.1, -0.05) is 0 Å². The summed E-state index contributed by atoms with van der Waals surface area (Å²) in [5.41, 5.74) is 0.169. The van der Waals surface area contributed by atoms with Gasteiger partial charge in [0.2, 0.25) is 0 Å². The van der Waals surface area contributed by atoms with Gasteiger partial charge in [-0.3, -0.25) is 4.98 Å². The number of fused-ring (bicyclic) bond motifs is 2. The number of anilines is 2. The molecule has 170 valence electrons. The quantitative estimate of drug-likeness (QED) is 0.564. The Balaban J connectivity index is 1.35. The number of hydrogen-bond donors (Lipinski definition) is 0. The van der Waals surface area contributed by atoms with Gasteiger partial charge in [-0.25, -0.2) is 23.4 Å². The van der Waals surface area contributed by atoms with E-state index in [4.69, 9.17) is 0 Å². The second-order valence-corrected chi connectivity index (χ2v) is 8.21. The van der Waals surface area contributed by atoms with Gasteiger partial charge in [-0.2, -0.15) is 18.3 Å². The minimum Gasteiger partial charge on any atom is -0.370 e. The molecule has 32 heavy (non-hydrogen) atoms. The van der Waals surface area contributed by atoms with Crippen molar-refractivity contribution in [2.75, 3.05) is 36.0 Å². The molecule has 2 saturated heterocycles. The molecule has 0 aromatic carbocycles. The summed E-state index contributed by atoms with van der Waals surface area (Å²) in [4.78, 5) is 16.3. The van der Waals surface area contributed by atoms with Gasteiger partial charge in [0, 0.05) is 38.6 Å². The lowest BCUT2D eigenvalue weighted by Gasteiger charge is -2.34. The fourth-order valence-electron chi connectivity index (χ4n) is 4.71. The first kappa shape index (κ1) is 20.8. The van der Waals surface area contributed by atoms with E-state index in [1.807, 2.05) is 4.90 Å². The first-order valence-corrected chi connectivity index (χ1v) is 10.3. The molecule has 2 atom stereocenters. The number of nitrogens with zero attached hydrogens (tertiary/aromatic N) is 7. The molecular weight excluding hydrogens is 433 g/mol. The zero-order valence-electron chi connectivity index (χ0n) is 16.9. The summed E-state index contributed by atoms with van der Waals surface area (Å²) in [6.07, 6.45) is -0.974. The Hall–Kier alpha value is -3.05. The summed E-state index contributed by atoms with van der Waals surface area (Å²) in [6.45, 7) is 1.76. The molecule has 0 spiro atoms. The molecule has 3 aromatic rings. The van der Waals surface area contributed by atoms with Gasteiger partial charge in [0.05, 0.1) is 23.6 Å². The minimum absolute atomic E-state index is 0.154. The maximum Gasteiger partial charge on any atom is 0.419 e. The number of rotatable bonds is 4. The third-order valence-electron chi connectivity index (χ3n) is 6.21. The summed E-state index contributed by atoms with van der Waals surface area (Å²) in [6, 6.07) is 1.42. The van der Waals surface area contributed by atoms with Crippen molar-refractivity contribution in [3.8, 4) is 0 Å². The molecule has 0 saturated carbocycles. The van der Waals surface area contributed by atoms with Crippen molar-refractivity contribution in [2.45, 2.75) is 25.6 Å². The van der Waals surface area contributed by atoms with Crippen molar-refractivity contribution in [1.29, 1.82) is 0 Å². The van der Waals surface area contributed by atoms with Crippen LogP contribution in [0, 0.1) is 11.8 Å². The highest BCUT2D eigenvalue weighted by Gasteiger charge is 2.41. The summed E-state index contributed by atoms with van der Waals surface area (Å²) in [7, 11) is 0. The Bertz CT molecular complexity index is 1120. The Morgan fingerprint density at radius 2 is 1.81 bits per heavy atom. The number of aromatic nitrogens is 5. The van der Waals surface area contributed by atoms with Crippen LogP contribution in [0.5, 0.6) is 0 Å². The van der Waals surface area contributed by atoms with E-state index in [9.17, 15) is 22.0 Å². The van der Waals surface area contributed by atoms with Crippen molar-refractivity contribution < 1.29 is 22.0 Å². The zero-order valence-corrected chi connectivity index (χ0v) is 16.9. The summed E-state index contributed by atoms with van der Waals surface area (Å²) < 4.78 is 67.0. The van der Waals surface area contributed by atoms with E-state index in [1.54, 1.807) is 11.1 Å². The van der Waals surface area contributed by atoms with E-state index < -0.39 is 24.7 Å². The average Bonchev–Trinajstić information content (AvgIpc) is 3.36. The number of alkyl halides is 5. The van der Waals surface area contributed by atoms with Gasteiger partial charge in [0.1, 0.15) is 17.9 Å². The highest BCUT2D eigenvalue weighted by Crippen LogP contribution is 2.40. The lowest BCUT2D eigenvalue weighted by atomic mass is 9.89. The van der Waals surface area contributed by atoms with E-state index >= 15 is 0 Å². The SMILES string of the molecule is FC(F)Cn1ncc2ncc(N3CCC4CN(c5ccncc5C(F)(F)F)CC4C3)nc21. The lowest BCUT2D eigenvalue weighted by molar-refractivity contribution is -0.137. The maximum absolute atomic E-state index is 13.4. The second-order valence-electron chi connectivity index (χ2n) is 8.21. The van der Waals surface area contributed by atoms with Gasteiger partial charge in [0.25, 0.3) is 6.43 Å². The number of hydrogen-bond acceptors (Lipinski definition) is 6. The van der Waals surface area contributed by atoms with E-state index in [2.05, 4.69) is 20.1 Å². The molecule has 0 bridgehead atoms. The second kappa shape index (κ2) is 7.82. The van der Waals surface area contributed by atoms with Crippen LogP contribution in [-0.2, 0) is 12.7 Å². The third kappa shape index (κ3) is 3.82. The smallest absolute Gasteiger partial charge is 0.370 e. The van der Waals surface area contributed by atoms with Crippen LogP contribution >= 0.6 is 0 Å². The van der Waals surface area contributed by atoms with Gasteiger partial charge in [-0.05, 0) is 24.3 Å². The molecule has 0 N–H and O–H groups in total. The predicted molar refractivity (Wildman–Crippen MR) is 107 cm³/mol. The van der Waals surface area contributed by atoms with Crippen LogP contribution in [0.15, 0.2) is 30.9 Å². The summed E-state index contributed by atoms with van der Waals surface area (Å²) in [5, 5.41) is 3.94. The van der Waals surface area contributed by atoms with E-state index in [-0.39, 0.29) is 17.5 Å². The van der Waals surface area contributed by atoms with Crippen LogP contribution in [0.2, 0.25) is 0 Å². The van der Waals surface area contributed by atoms with E-state index in [0.717, 1.165) is 17.3 Å². The molecule has 0 radical (unpaired) electrons. The predicted octanol–water partition coefficient (Wildman–Crippen LogP) is 3.47. The molecule has 0 amide bonds. The molecule has 2 aliphatic rings. The first-order chi connectivity index (χ1) is 15.3. The normalized spacial score (nSPS) is 21.6. The van der Waals surface area contributed by atoms with Gasteiger partial charge in [0.15, 0.2) is 5.65 Å². The Morgan fingerprint density at radius 1 is 1.03 bits per heavy atom. The van der Waals surface area contributed by atoms with E-state index in [0.29, 0.717) is 43.2 Å². The van der Waals surface area contributed by atoms with Crippen LogP contribution < -0.4 is 9.80 Å². The number of pyridine rings is 1. The van der Waals surface area contributed by atoms with Crippen molar-refractivity contribution >= 4 is 22.7 Å². The van der Waals surface area contributed by atoms with Gasteiger partial charge >= 0.3 is 6.18 Å². The molecule has 12 heteroatoms. The standard InChI is InChI=1S/C20H20F5N7/c21-17(22)11-32-19-15(6-28-32)27-7-18(29-19)30-4-2-12-8-31(10-13(12)9-30)16-1-3-26-5-14(16)20(23,24)25/h1,3,5-7,12-13,17H,2,4,8-11H2. The summed E-state index contributed by atoms with van der Waals surface area (Å²) in [5.74, 6) is 0.980. The molecule has 7 nitrogen and oxygen atoms in total. The molecule has 5 heterocycles. The van der Waals surface area contributed by atoms with Crippen molar-refractivity contribution in [3.05, 3.63) is 36.4 Å². The molecule has 5 rings (SSSR count). The highest BCUT2D eigenvalue weighted by atomic mass is 19.4. The zero-order chi connectivity index (χ0) is 22.5. The molecule has 0 aliphatic carbocycles. The van der Waals surface area contributed by atoms with Crippen LogP contribution in [0.4, 0.5) is 33.5 Å². The Labute approximate surface area is 179 Å². The van der Waals surface area contributed by atoms with Crippen LogP contribution in [0.25, 0.3) is 11.2 Å². The number of piperidine rings is 1. The monoisotopic (exact) mass is 453 g/mol. The fourth-order valence-corrected chi connectivity index (χ4v) is 4.71. The molecule has 2 fully saturated rings. The van der Waals surface area contributed by atoms with Crippen molar-refractivity contribution in [2.24, 2.45) is 11.8 Å². The lowest BCUT2D eigenvalue weighted by Crippen LogP contribution is -2.40. The van der Waals surface area contributed by atoms with Crippen LogP contribution in [0.3, 0.4) is 0 Å². The van der Waals surface area contributed by atoms with Gasteiger partial charge in [-0.15, -0.1) is 0 Å².